The Morgan fingerprint density at radius 3 is 2.03 bits per heavy atom. The number of fused-ring (bicyclic) bond motifs is 1. The molecule has 7 heteroatoms. The molecule has 4 aromatic rings. The minimum atomic E-state index is 0.00434. The Hall–Kier alpha value is -3.87. The van der Waals surface area contributed by atoms with Crippen LogP contribution in [0.5, 0.6) is 5.75 Å². The molecule has 0 aliphatic heterocycles. The van der Waals surface area contributed by atoms with Gasteiger partial charge in [-0.3, -0.25) is 9.97 Å². The van der Waals surface area contributed by atoms with Crippen LogP contribution in [0.3, 0.4) is 0 Å². The molecule has 0 atom stereocenters. The highest BCUT2D eigenvalue weighted by Gasteiger charge is 2.56. The number of aromatic nitrogens is 5. The number of rotatable bonds is 6. The molecule has 0 amide bonds. The average Bonchev–Trinajstić information content (AvgIpc) is 3.02. The Kier molecular flexibility index (Phi) is 6.44. The molecule has 3 aromatic heterocycles. The maximum Gasteiger partial charge on any atom is 0.228 e. The zero-order chi connectivity index (χ0) is 28.2. The van der Waals surface area contributed by atoms with Gasteiger partial charge in [0, 0.05) is 49.4 Å². The standard InChI is InChI=1S/C32H38N6O/c1-10-39-25-18-22(28-35-27(20-13-15-33-16-14-20)36-29(37-28)38(8)9)19-34-26(25)21-11-12-23-24(17-21)31(4,5)32(6,7)30(23,2)3/h11-19H,10H2,1-9H3. The van der Waals surface area contributed by atoms with Crippen molar-refractivity contribution in [2.24, 2.45) is 5.41 Å². The van der Waals surface area contributed by atoms with Crippen molar-refractivity contribution < 1.29 is 4.74 Å². The Balaban J connectivity index is 1.62. The number of benzene rings is 1. The van der Waals surface area contributed by atoms with Crippen molar-refractivity contribution in [1.29, 1.82) is 0 Å². The molecule has 202 valence electrons. The van der Waals surface area contributed by atoms with E-state index in [2.05, 4.69) is 69.7 Å². The summed E-state index contributed by atoms with van der Waals surface area (Å²) in [4.78, 5) is 25.1. The molecule has 0 unspecified atom stereocenters. The molecule has 0 bridgehead atoms. The quantitative estimate of drug-likeness (QED) is 0.278. The molecule has 7 nitrogen and oxygen atoms in total. The second-order valence-electron chi connectivity index (χ2n) is 12.1. The van der Waals surface area contributed by atoms with Gasteiger partial charge < -0.3 is 9.64 Å². The third-order valence-corrected chi connectivity index (χ3v) is 9.14. The van der Waals surface area contributed by atoms with Gasteiger partial charge in [-0.1, -0.05) is 53.7 Å². The highest BCUT2D eigenvalue weighted by atomic mass is 16.5. The van der Waals surface area contributed by atoms with Gasteiger partial charge in [-0.05, 0) is 58.6 Å². The predicted molar refractivity (Wildman–Crippen MR) is 157 cm³/mol. The zero-order valence-corrected chi connectivity index (χ0v) is 24.5. The third kappa shape index (κ3) is 4.24. The van der Waals surface area contributed by atoms with Gasteiger partial charge in [-0.25, -0.2) is 4.98 Å². The Labute approximate surface area is 231 Å². The topological polar surface area (TPSA) is 76.9 Å². The van der Waals surface area contributed by atoms with Crippen molar-refractivity contribution >= 4 is 5.95 Å². The fraction of sp³-hybridized carbons (Fsp3) is 0.406. The van der Waals surface area contributed by atoms with Crippen LogP contribution in [0, 0.1) is 5.41 Å². The van der Waals surface area contributed by atoms with Crippen LogP contribution in [-0.4, -0.2) is 45.6 Å². The normalized spacial score (nSPS) is 16.5. The van der Waals surface area contributed by atoms with Crippen LogP contribution < -0.4 is 9.64 Å². The number of pyridine rings is 2. The van der Waals surface area contributed by atoms with Crippen molar-refractivity contribution in [2.45, 2.75) is 59.3 Å². The van der Waals surface area contributed by atoms with Crippen LogP contribution in [0.1, 0.15) is 59.6 Å². The van der Waals surface area contributed by atoms with Gasteiger partial charge in [0.25, 0.3) is 0 Å². The largest absolute Gasteiger partial charge is 0.492 e. The van der Waals surface area contributed by atoms with E-state index >= 15 is 0 Å². The maximum atomic E-state index is 6.15. The summed E-state index contributed by atoms with van der Waals surface area (Å²) in [5.41, 5.74) is 6.44. The molecule has 1 aliphatic rings. The number of hydrogen-bond donors (Lipinski definition) is 0. The molecule has 0 radical (unpaired) electrons. The molecule has 0 N–H and O–H groups in total. The number of ether oxygens (including phenoxy) is 1. The number of nitrogens with zero attached hydrogens (tertiary/aromatic N) is 6. The van der Waals surface area contributed by atoms with Gasteiger partial charge in [0.2, 0.25) is 5.95 Å². The van der Waals surface area contributed by atoms with Gasteiger partial charge in [0.05, 0.1) is 6.61 Å². The number of hydrogen-bond acceptors (Lipinski definition) is 7. The van der Waals surface area contributed by atoms with Crippen LogP contribution in [-0.2, 0) is 10.8 Å². The highest BCUT2D eigenvalue weighted by Crippen LogP contribution is 2.61. The third-order valence-electron chi connectivity index (χ3n) is 9.14. The molecule has 3 heterocycles. The zero-order valence-electron chi connectivity index (χ0n) is 24.5. The van der Waals surface area contributed by atoms with Gasteiger partial charge in [-0.15, -0.1) is 0 Å². The molecule has 0 fully saturated rings. The molecular formula is C32H38N6O. The lowest BCUT2D eigenvalue weighted by atomic mass is 9.59. The van der Waals surface area contributed by atoms with E-state index in [9.17, 15) is 0 Å². The number of anilines is 1. The van der Waals surface area contributed by atoms with Crippen molar-refractivity contribution in [3.05, 3.63) is 66.1 Å². The fourth-order valence-electron chi connectivity index (χ4n) is 5.58. The van der Waals surface area contributed by atoms with Gasteiger partial charge in [-0.2, -0.15) is 9.97 Å². The van der Waals surface area contributed by atoms with Crippen LogP contribution in [0.4, 0.5) is 5.95 Å². The van der Waals surface area contributed by atoms with Gasteiger partial charge in [0.15, 0.2) is 11.6 Å². The smallest absolute Gasteiger partial charge is 0.228 e. The summed E-state index contributed by atoms with van der Waals surface area (Å²) < 4.78 is 6.15. The summed E-state index contributed by atoms with van der Waals surface area (Å²) in [5, 5.41) is 0. The molecule has 39 heavy (non-hydrogen) atoms. The van der Waals surface area contributed by atoms with E-state index in [1.807, 2.05) is 50.3 Å². The first-order valence-corrected chi connectivity index (χ1v) is 13.5. The fourth-order valence-corrected chi connectivity index (χ4v) is 5.58. The lowest BCUT2D eigenvalue weighted by molar-refractivity contribution is 0.125. The second kappa shape index (κ2) is 9.40. The lowest BCUT2D eigenvalue weighted by Crippen LogP contribution is -2.42. The maximum absolute atomic E-state index is 6.15. The SMILES string of the molecule is CCOc1cc(-c2nc(-c3ccncc3)nc(N(C)C)n2)cnc1-c1ccc2c(c1)C(C)(C)C(C)(C)C2(C)C. The van der Waals surface area contributed by atoms with Crippen molar-refractivity contribution in [3.8, 4) is 39.8 Å². The minimum Gasteiger partial charge on any atom is -0.492 e. The van der Waals surface area contributed by atoms with Crippen molar-refractivity contribution in [1.82, 2.24) is 24.9 Å². The molecule has 0 spiro atoms. The van der Waals surface area contributed by atoms with E-state index in [0.29, 0.717) is 30.0 Å². The van der Waals surface area contributed by atoms with Crippen molar-refractivity contribution in [3.63, 3.8) is 0 Å². The Morgan fingerprint density at radius 2 is 1.38 bits per heavy atom. The van der Waals surface area contributed by atoms with E-state index in [4.69, 9.17) is 19.7 Å². The molecule has 1 aromatic carbocycles. The first-order chi connectivity index (χ1) is 18.4. The van der Waals surface area contributed by atoms with E-state index in [1.165, 1.54) is 11.1 Å². The lowest BCUT2D eigenvalue weighted by Gasteiger charge is -2.44. The molecule has 0 saturated heterocycles. The van der Waals surface area contributed by atoms with E-state index < -0.39 is 0 Å². The van der Waals surface area contributed by atoms with Crippen LogP contribution in [0.25, 0.3) is 34.0 Å². The summed E-state index contributed by atoms with van der Waals surface area (Å²) in [5.74, 6) is 2.40. The summed E-state index contributed by atoms with van der Waals surface area (Å²) in [7, 11) is 3.83. The van der Waals surface area contributed by atoms with Crippen LogP contribution in [0.15, 0.2) is 55.0 Å². The first-order valence-electron chi connectivity index (χ1n) is 13.5. The van der Waals surface area contributed by atoms with E-state index in [0.717, 1.165) is 22.4 Å². The van der Waals surface area contributed by atoms with Crippen LogP contribution in [0.2, 0.25) is 0 Å². The molecular weight excluding hydrogens is 484 g/mol. The predicted octanol–water partition coefficient (Wildman–Crippen LogP) is 6.72. The van der Waals surface area contributed by atoms with E-state index in [1.54, 1.807) is 12.4 Å². The minimum absolute atomic E-state index is 0.00434. The van der Waals surface area contributed by atoms with Gasteiger partial charge >= 0.3 is 0 Å². The molecule has 0 saturated carbocycles. The molecule has 5 rings (SSSR count). The monoisotopic (exact) mass is 522 g/mol. The second-order valence-corrected chi connectivity index (χ2v) is 12.1. The van der Waals surface area contributed by atoms with Gasteiger partial charge in [0.1, 0.15) is 11.4 Å². The Morgan fingerprint density at radius 1 is 0.744 bits per heavy atom. The van der Waals surface area contributed by atoms with Crippen molar-refractivity contribution in [2.75, 3.05) is 25.6 Å². The first kappa shape index (κ1) is 26.7. The summed E-state index contributed by atoms with van der Waals surface area (Å²) in [6.45, 7) is 16.7. The highest BCUT2D eigenvalue weighted by molar-refractivity contribution is 5.73. The van der Waals surface area contributed by atoms with E-state index in [-0.39, 0.29) is 16.2 Å². The summed E-state index contributed by atoms with van der Waals surface area (Å²) in [6, 6.07) is 12.5. The average molecular weight is 523 g/mol. The summed E-state index contributed by atoms with van der Waals surface area (Å²) in [6.07, 6.45) is 5.30. The van der Waals surface area contributed by atoms with Crippen LogP contribution >= 0.6 is 0 Å². The molecule has 1 aliphatic carbocycles. The summed E-state index contributed by atoms with van der Waals surface area (Å²) >= 11 is 0. The Bertz CT molecular complexity index is 1530.